The average Bonchev–Trinajstić information content (AvgIpc) is 2.69. The van der Waals surface area contributed by atoms with E-state index in [-0.39, 0.29) is 0 Å². The predicted octanol–water partition coefficient (Wildman–Crippen LogP) is 4.36. The lowest BCUT2D eigenvalue weighted by molar-refractivity contribution is 1.30. The van der Waals surface area contributed by atoms with Crippen LogP contribution in [-0.2, 0) is 0 Å². The van der Waals surface area contributed by atoms with Crippen molar-refractivity contribution in [1.29, 1.82) is 0 Å². The van der Waals surface area contributed by atoms with E-state index in [2.05, 4.69) is 11.6 Å². The van der Waals surface area contributed by atoms with E-state index >= 15 is 0 Å². The lowest BCUT2D eigenvalue weighted by atomic mass is 10.3. The second kappa shape index (κ2) is 5.10. The maximum absolute atomic E-state index is 5.80. The number of hydrogen-bond acceptors (Lipinski definition) is 3. The molecule has 1 fully saturated rings. The second-order valence-electron chi connectivity index (χ2n) is 3.06. The predicted molar refractivity (Wildman–Crippen MR) is 72.6 cm³/mol. The molecule has 1 aromatic rings. The molecule has 1 aliphatic heterocycles. The molecular weight excluding hydrogens is 246 g/mol. The molecule has 2 rings (SSSR count). The molecule has 1 unspecified atom stereocenters. The number of aliphatic imine (C=N–C) groups is 1. The normalized spacial score (nSPS) is 23.3. The summed E-state index contributed by atoms with van der Waals surface area (Å²) < 4.78 is 1.11. The molecule has 0 radical (unpaired) electrons. The van der Waals surface area contributed by atoms with E-state index in [1.807, 2.05) is 30.3 Å². The van der Waals surface area contributed by atoms with Crippen LogP contribution in [0, 0.1) is 0 Å². The zero-order chi connectivity index (χ0) is 10.7. The average molecular weight is 256 g/mol. The smallest absolute Gasteiger partial charge is 0.131 e. The highest BCUT2D eigenvalue weighted by Crippen LogP contribution is 2.35. The maximum atomic E-state index is 5.80. The highest BCUT2D eigenvalue weighted by Gasteiger charge is 2.19. The monoisotopic (exact) mass is 255 g/mol. The summed E-state index contributed by atoms with van der Waals surface area (Å²) in [5.74, 6) is 1.07. The van der Waals surface area contributed by atoms with Gasteiger partial charge >= 0.3 is 0 Å². The first-order valence-corrected chi connectivity index (χ1v) is 6.78. The first kappa shape index (κ1) is 11.1. The van der Waals surface area contributed by atoms with Crippen LogP contribution in [0.1, 0.15) is 0 Å². The van der Waals surface area contributed by atoms with Gasteiger partial charge in [0, 0.05) is 16.0 Å². The summed E-state index contributed by atoms with van der Waals surface area (Å²) in [4.78, 5) is 4.53. The van der Waals surface area contributed by atoms with Crippen molar-refractivity contribution in [2.45, 2.75) is 5.25 Å². The minimum absolute atomic E-state index is 0.501. The molecular formula is C11H10ClNS2. The van der Waals surface area contributed by atoms with E-state index in [1.54, 1.807) is 23.5 Å². The van der Waals surface area contributed by atoms with Crippen molar-refractivity contribution in [1.82, 2.24) is 0 Å². The Morgan fingerprint density at radius 3 is 2.73 bits per heavy atom. The van der Waals surface area contributed by atoms with Crippen molar-refractivity contribution >= 4 is 45.2 Å². The summed E-state index contributed by atoms with van der Waals surface area (Å²) >= 11 is 9.36. The summed E-state index contributed by atoms with van der Waals surface area (Å²) in [6, 6.07) is 7.57. The molecule has 0 aliphatic carbocycles. The van der Waals surface area contributed by atoms with Crippen molar-refractivity contribution in [2.75, 3.05) is 5.75 Å². The maximum Gasteiger partial charge on any atom is 0.131 e. The molecule has 0 bridgehead atoms. The van der Waals surface area contributed by atoms with Crippen LogP contribution < -0.4 is 0 Å². The molecule has 1 nitrogen and oxygen atoms in total. The van der Waals surface area contributed by atoms with Crippen molar-refractivity contribution < 1.29 is 0 Å². The second-order valence-corrected chi connectivity index (χ2v) is 5.99. The molecule has 0 amide bonds. The number of nitrogens with zero attached hydrogens (tertiary/aromatic N) is 1. The van der Waals surface area contributed by atoms with E-state index < -0.39 is 0 Å². The largest absolute Gasteiger partial charge is 0.235 e. The van der Waals surface area contributed by atoms with Gasteiger partial charge in [-0.1, -0.05) is 41.2 Å². The molecule has 1 atom stereocenters. The van der Waals surface area contributed by atoms with Crippen LogP contribution in [-0.4, -0.2) is 15.4 Å². The Bertz CT molecular complexity index is 386. The van der Waals surface area contributed by atoms with E-state index in [1.165, 1.54) is 0 Å². The Morgan fingerprint density at radius 2 is 2.13 bits per heavy atom. The molecule has 1 aliphatic rings. The van der Waals surface area contributed by atoms with Crippen molar-refractivity contribution in [3.63, 3.8) is 0 Å². The topological polar surface area (TPSA) is 12.4 Å². The highest BCUT2D eigenvalue weighted by atomic mass is 35.5. The third-order valence-corrected chi connectivity index (χ3v) is 4.86. The summed E-state index contributed by atoms with van der Waals surface area (Å²) in [5, 5.41) is 1.25. The van der Waals surface area contributed by atoms with Gasteiger partial charge in [-0.05, 0) is 24.3 Å². The number of benzene rings is 1. The molecule has 78 valence electrons. The molecule has 1 aromatic carbocycles. The zero-order valence-electron chi connectivity index (χ0n) is 8.02. The number of hydrogen-bond donors (Lipinski definition) is 0. The van der Waals surface area contributed by atoms with E-state index in [0.717, 1.165) is 20.8 Å². The number of thioether (sulfide) groups is 2. The molecule has 1 heterocycles. The van der Waals surface area contributed by atoms with Crippen LogP contribution in [0.15, 0.2) is 41.9 Å². The minimum atomic E-state index is 0.501. The van der Waals surface area contributed by atoms with E-state index in [0.29, 0.717) is 5.25 Å². The van der Waals surface area contributed by atoms with Crippen LogP contribution in [0.5, 0.6) is 0 Å². The fourth-order valence-corrected chi connectivity index (χ4v) is 3.72. The minimum Gasteiger partial charge on any atom is -0.235 e. The van der Waals surface area contributed by atoms with Gasteiger partial charge in [-0.25, -0.2) is 4.99 Å². The third kappa shape index (κ3) is 3.03. The first-order chi connectivity index (χ1) is 7.28. The summed E-state index contributed by atoms with van der Waals surface area (Å²) in [6.45, 7) is 3.79. The van der Waals surface area contributed by atoms with Gasteiger partial charge in [-0.3, -0.25) is 0 Å². The number of rotatable bonds is 2. The molecule has 0 spiro atoms. The Morgan fingerprint density at radius 1 is 1.40 bits per heavy atom. The SMILES string of the molecule is C=CC1CSC(=Nc2ccc(Cl)cc2)S1. The van der Waals surface area contributed by atoms with Crippen LogP contribution in [0.4, 0.5) is 5.69 Å². The van der Waals surface area contributed by atoms with Crippen LogP contribution in [0.3, 0.4) is 0 Å². The third-order valence-electron chi connectivity index (χ3n) is 1.93. The Balaban J connectivity index is 2.10. The Kier molecular flexibility index (Phi) is 3.78. The van der Waals surface area contributed by atoms with Gasteiger partial charge in [0.2, 0.25) is 0 Å². The Labute approximate surface area is 103 Å². The zero-order valence-corrected chi connectivity index (χ0v) is 10.4. The molecule has 0 N–H and O–H groups in total. The molecule has 0 aromatic heterocycles. The van der Waals surface area contributed by atoms with E-state index in [9.17, 15) is 0 Å². The standard InChI is InChI=1S/C11H10ClNS2/c1-2-10-7-14-11(15-10)13-9-5-3-8(12)4-6-9/h2-6,10H,1,7H2. The summed E-state index contributed by atoms with van der Waals surface area (Å²) in [6.07, 6.45) is 1.97. The van der Waals surface area contributed by atoms with Crippen LogP contribution in [0.25, 0.3) is 0 Å². The first-order valence-electron chi connectivity index (χ1n) is 4.54. The summed E-state index contributed by atoms with van der Waals surface area (Å²) in [5.41, 5.74) is 0.958. The van der Waals surface area contributed by atoms with Gasteiger partial charge < -0.3 is 0 Å². The molecule has 4 heteroatoms. The fourth-order valence-electron chi connectivity index (χ4n) is 1.15. The number of halogens is 1. The van der Waals surface area contributed by atoms with Gasteiger partial charge in [0.15, 0.2) is 0 Å². The van der Waals surface area contributed by atoms with Crippen LogP contribution >= 0.6 is 35.1 Å². The van der Waals surface area contributed by atoms with E-state index in [4.69, 9.17) is 11.6 Å². The lowest BCUT2D eigenvalue weighted by Gasteiger charge is -1.97. The van der Waals surface area contributed by atoms with Gasteiger partial charge in [0.05, 0.1) is 5.69 Å². The van der Waals surface area contributed by atoms with Crippen molar-refractivity contribution in [2.24, 2.45) is 4.99 Å². The Hall–Kier alpha value is -0.380. The van der Waals surface area contributed by atoms with Crippen molar-refractivity contribution in [3.8, 4) is 0 Å². The molecule has 1 saturated heterocycles. The lowest BCUT2D eigenvalue weighted by Crippen LogP contribution is -1.92. The van der Waals surface area contributed by atoms with Crippen molar-refractivity contribution in [3.05, 3.63) is 41.9 Å². The van der Waals surface area contributed by atoms with Gasteiger partial charge in [0.25, 0.3) is 0 Å². The molecule has 15 heavy (non-hydrogen) atoms. The molecule has 0 saturated carbocycles. The summed E-state index contributed by atoms with van der Waals surface area (Å²) in [7, 11) is 0. The van der Waals surface area contributed by atoms with Gasteiger partial charge in [0.1, 0.15) is 4.38 Å². The fraction of sp³-hybridized carbons (Fsp3) is 0.182. The van der Waals surface area contributed by atoms with Gasteiger partial charge in [-0.15, -0.1) is 6.58 Å². The highest BCUT2D eigenvalue weighted by molar-refractivity contribution is 8.41. The van der Waals surface area contributed by atoms with Gasteiger partial charge in [-0.2, -0.15) is 0 Å². The van der Waals surface area contributed by atoms with Crippen LogP contribution in [0.2, 0.25) is 5.02 Å². The quantitative estimate of drug-likeness (QED) is 0.728.